The zero-order chi connectivity index (χ0) is 14.4. The molecule has 2 rings (SSSR count). The van der Waals surface area contributed by atoms with Gasteiger partial charge in [-0.2, -0.15) is 4.98 Å². The number of aromatic nitrogens is 2. The Hall–Kier alpha value is -1.33. The summed E-state index contributed by atoms with van der Waals surface area (Å²) in [6.45, 7) is 4.16. The molecule has 0 spiro atoms. The van der Waals surface area contributed by atoms with Crippen molar-refractivity contribution in [2.75, 3.05) is 0 Å². The van der Waals surface area contributed by atoms with Gasteiger partial charge in [-0.05, 0) is 24.5 Å². The third kappa shape index (κ3) is 4.98. The van der Waals surface area contributed by atoms with E-state index >= 15 is 0 Å². The van der Waals surface area contributed by atoms with Crippen LogP contribution in [0, 0.1) is 5.92 Å². The van der Waals surface area contributed by atoms with Gasteiger partial charge in [-0.15, -0.1) is 11.8 Å². The van der Waals surface area contributed by atoms with Crippen molar-refractivity contribution in [3.05, 3.63) is 42.0 Å². The van der Waals surface area contributed by atoms with E-state index in [9.17, 15) is 5.11 Å². The third-order valence-electron chi connectivity index (χ3n) is 2.78. The summed E-state index contributed by atoms with van der Waals surface area (Å²) in [5.74, 6) is 2.32. The molecule has 1 unspecified atom stereocenters. The van der Waals surface area contributed by atoms with E-state index in [0.29, 0.717) is 29.8 Å². The van der Waals surface area contributed by atoms with Crippen LogP contribution in [0.1, 0.15) is 32.0 Å². The van der Waals surface area contributed by atoms with Crippen LogP contribution in [0.2, 0.25) is 0 Å². The Kier molecular flexibility index (Phi) is 5.61. The molecule has 0 aliphatic rings. The quantitative estimate of drug-likeness (QED) is 0.793. The van der Waals surface area contributed by atoms with Gasteiger partial charge < -0.3 is 9.63 Å². The number of benzene rings is 1. The van der Waals surface area contributed by atoms with Crippen LogP contribution in [0.15, 0.2) is 39.8 Å². The molecule has 20 heavy (non-hydrogen) atoms. The first-order valence-corrected chi connectivity index (χ1v) is 7.79. The maximum Gasteiger partial charge on any atom is 0.229 e. The van der Waals surface area contributed by atoms with Crippen LogP contribution in [0.25, 0.3) is 0 Å². The second-order valence-electron chi connectivity index (χ2n) is 5.19. The Balaban J connectivity index is 1.83. The second kappa shape index (κ2) is 7.45. The van der Waals surface area contributed by atoms with E-state index < -0.39 is 6.10 Å². The Morgan fingerprint density at radius 2 is 2.00 bits per heavy atom. The third-order valence-corrected chi connectivity index (χ3v) is 3.78. The molecule has 1 atom stereocenters. The van der Waals surface area contributed by atoms with Gasteiger partial charge in [0.05, 0.1) is 18.3 Å². The lowest BCUT2D eigenvalue weighted by Crippen LogP contribution is -2.13. The van der Waals surface area contributed by atoms with Crippen LogP contribution >= 0.6 is 11.8 Å². The first-order valence-electron chi connectivity index (χ1n) is 6.81. The van der Waals surface area contributed by atoms with Gasteiger partial charge in [0.1, 0.15) is 0 Å². The van der Waals surface area contributed by atoms with Crippen molar-refractivity contribution in [1.82, 2.24) is 10.1 Å². The molecule has 2 aromatic rings. The molecule has 1 aromatic carbocycles. The van der Waals surface area contributed by atoms with E-state index in [-0.39, 0.29) is 0 Å². The van der Waals surface area contributed by atoms with Crippen molar-refractivity contribution >= 4 is 11.8 Å². The van der Waals surface area contributed by atoms with Crippen molar-refractivity contribution in [1.29, 1.82) is 0 Å². The fraction of sp³-hybridized carbons (Fsp3) is 0.467. The lowest BCUT2D eigenvalue weighted by molar-refractivity contribution is 0.138. The minimum Gasteiger partial charge on any atom is -0.393 e. The van der Waals surface area contributed by atoms with Crippen LogP contribution < -0.4 is 0 Å². The van der Waals surface area contributed by atoms with E-state index in [1.807, 2.05) is 18.2 Å². The van der Waals surface area contributed by atoms with E-state index in [1.165, 1.54) is 4.90 Å². The molecule has 1 aromatic heterocycles. The van der Waals surface area contributed by atoms with Crippen molar-refractivity contribution in [2.45, 2.75) is 43.4 Å². The summed E-state index contributed by atoms with van der Waals surface area (Å²) in [5.41, 5.74) is 0. The van der Waals surface area contributed by atoms with Crippen molar-refractivity contribution in [3.63, 3.8) is 0 Å². The van der Waals surface area contributed by atoms with Crippen LogP contribution in [-0.2, 0) is 12.2 Å². The molecule has 0 fully saturated rings. The van der Waals surface area contributed by atoms with Gasteiger partial charge in [-0.3, -0.25) is 0 Å². The Labute approximate surface area is 123 Å². The number of aliphatic hydroxyl groups excluding tert-OH is 1. The topological polar surface area (TPSA) is 59.2 Å². The predicted molar refractivity (Wildman–Crippen MR) is 79.5 cm³/mol. The van der Waals surface area contributed by atoms with Gasteiger partial charge in [0.15, 0.2) is 5.82 Å². The van der Waals surface area contributed by atoms with Crippen molar-refractivity contribution < 1.29 is 9.63 Å². The van der Waals surface area contributed by atoms with Crippen LogP contribution in [0.4, 0.5) is 0 Å². The minimum atomic E-state index is -0.412. The molecule has 4 nitrogen and oxygen atoms in total. The molecule has 1 heterocycles. The molecule has 0 aliphatic carbocycles. The SMILES string of the molecule is CC(C)CC(O)Cc1nc(CSc2ccccc2)no1. The summed E-state index contributed by atoms with van der Waals surface area (Å²) in [6.07, 6.45) is 0.766. The van der Waals surface area contributed by atoms with Crippen LogP contribution in [0.5, 0.6) is 0 Å². The van der Waals surface area contributed by atoms with E-state index in [1.54, 1.807) is 11.8 Å². The summed E-state index contributed by atoms with van der Waals surface area (Å²) in [6, 6.07) is 10.1. The summed E-state index contributed by atoms with van der Waals surface area (Å²) < 4.78 is 5.17. The summed E-state index contributed by atoms with van der Waals surface area (Å²) >= 11 is 1.67. The van der Waals surface area contributed by atoms with E-state index in [2.05, 4.69) is 36.1 Å². The molecule has 0 amide bonds. The fourth-order valence-corrected chi connectivity index (χ4v) is 2.69. The maximum atomic E-state index is 9.86. The molecule has 0 saturated carbocycles. The van der Waals surface area contributed by atoms with Gasteiger partial charge in [0, 0.05) is 4.90 Å². The number of thioether (sulfide) groups is 1. The fourth-order valence-electron chi connectivity index (χ4n) is 1.93. The van der Waals surface area contributed by atoms with Gasteiger partial charge in [-0.25, -0.2) is 0 Å². The zero-order valence-corrected chi connectivity index (χ0v) is 12.6. The maximum absolute atomic E-state index is 9.86. The molecule has 0 saturated heterocycles. The molecular weight excluding hydrogens is 272 g/mol. The minimum absolute atomic E-state index is 0.412. The highest BCUT2D eigenvalue weighted by Crippen LogP contribution is 2.21. The van der Waals surface area contributed by atoms with Crippen molar-refractivity contribution in [2.24, 2.45) is 5.92 Å². The number of nitrogens with zero attached hydrogens (tertiary/aromatic N) is 2. The first kappa shape index (κ1) is 15.1. The largest absolute Gasteiger partial charge is 0.393 e. The standard InChI is InChI=1S/C15H20N2O2S/c1-11(2)8-12(18)9-15-16-14(17-19-15)10-20-13-6-4-3-5-7-13/h3-7,11-12,18H,8-10H2,1-2H3. The number of aliphatic hydroxyl groups is 1. The molecule has 108 valence electrons. The van der Waals surface area contributed by atoms with Crippen LogP contribution in [0.3, 0.4) is 0 Å². The lowest BCUT2D eigenvalue weighted by Gasteiger charge is -2.09. The number of hydrogen-bond donors (Lipinski definition) is 1. The highest BCUT2D eigenvalue weighted by molar-refractivity contribution is 7.98. The molecule has 1 N–H and O–H groups in total. The monoisotopic (exact) mass is 292 g/mol. The lowest BCUT2D eigenvalue weighted by atomic mass is 10.0. The van der Waals surface area contributed by atoms with Gasteiger partial charge >= 0.3 is 0 Å². The summed E-state index contributed by atoms with van der Waals surface area (Å²) in [4.78, 5) is 5.49. The van der Waals surface area contributed by atoms with E-state index in [0.717, 1.165) is 6.42 Å². The average molecular weight is 292 g/mol. The highest BCUT2D eigenvalue weighted by atomic mass is 32.2. The predicted octanol–water partition coefficient (Wildman–Crippen LogP) is 3.31. The van der Waals surface area contributed by atoms with Gasteiger partial charge in [-0.1, -0.05) is 37.2 Å². The second-order valence-corrected chi connectivity index (χ2v) is 6.24. The normalized spacial score (nSPS) is 12.8. The molecule has 5 heteroatoms. The Morgan fingerprint density at radius 3 is 2.70 bits per heavy atom. The molecule has 0 aliphatic heterocycles. The number of rotatable bonds is 7. The molecule has 0 radical (unpaired) electrons. The van der Waals surface area contributed by atoms with E-state index in [4.69, 9.17) is 4.52 Å². The first-order chi connectivity index (χ1) is 9.63. The molecular formula is C15H20N2O2S. The Bertz CT molecular complexity index is 514. The highest BCUT2D eigenvalue weighted by Gasteiger charge is 2.13. The smallest absolute Gasteiger partial charge is 0.229 e. The average Bonchev–Trinajstić information content (AvgIpc) is 2.84. The molecule has 0 bridgehead atoms. The summed E-state index contributed by atoms with van der Waals surface area (Å²) in [5, 5.41) is 13.8. The van der Waals surface area contributed by atoms with Gasteiger partial charge in [0.25, 0.3) is 0 Å². The number of hydrogen-bond acceptors (Lipinski definition) is 5. The van der Waals surface area contributed by atoms with Gasteiger partial charge in [0.2, 0.25) is 5.89 Å². The van der Waals surface area contributed by atoms with Crippen molar-refractivity contribution in [3.8, 4) is 0 Å². The summed E-state index contributed by atoms with van der Waals surface area (Å²) in [7, 11) is 0. The van der Waals surface area contributed by atoms with Crippen LogP contribution in [-0.4, -0.2) is 21.4 Å². The zero-order valence-electron chi connectivity index (χ0n) is 11.8. The Morgan fingerprint density at radius 1 is 1.25 bits per heavy atom.